The minimum absolute atomic E-state index is 0.416. The van der Waals surface area contributed by atoms with Crippen molar-refractivity contribution in [2.75, 3.05) is 23.8 Å². The Kier molecular flexibility index (Phi) is 1.64. The Morgan fingerprint density at radius 1 is 1.50 bits per heavy atom. The summed E-state index contributed by atoms with van der Waals surface area (Å²) in [5.74, 6) is 1.02. The maximum Gasteiger partial charge on any atom is 0.129 e. The largest absolute Gasteiger partial charge is 0.397 e. The fourth-order valence-electron chi connectivity index (χ4n) is 2.25. The van der Waals surface area contributed by atoms with Gasteiger partial charge in [0, 0.05) is 6.54 Å². The lowest BCUT2D eigenvalue weighted by atomic mass is 10.2. The molecule has 4 heteroatoms. The molecule has 1 aromatic rings. The average Bonchev–Trinajstić information content (AvgIpc) is 2.80. The molecule has 2 atom stereocenters. The smallest absolute Gasteiger partial charge is 0.129 e. The van der Waals surface area contributed by atoms with E-state index in [1.165, 1.54) is 0 Å². The van der Waals surface area contributed by atoms with Gasteiger partial charge in [-0.05, 0) is 18.6 Å². The van der Waals surface area contributed by atoms with Gasteiger partial charge in [0.15, 0.2) is 0 Å². The second-order valence-corrected chi connectivity index (χ2v) is 3.95. The fourth-order valence-corrected chi connectivity index (χ4v) is 2.25. The number of nitrogens with zero attached hydrogens (tertiary/aromatic N) is 2. The van der Waals surface area contributed by atoms with Crippen molar-refractivity contribution in [1.29, 1.82) is 0 Å². The van der Waals surface area contributed by atoms with E-state index in [9.17, 15) is 0 Å². The first-order chi connectivity index (χ1) is 6.83. The van der Waals surface area contributed by atoms with Crippen LogP contribution in [0.25, 0.3) is 0 Å². The van der Waals surface area contributed by atoms with Crippen LogP contribution in [0.1, 0.15) is 6.42 Å². The van der Waals surface area contributed by atoms with Gasteiger partial charge in [0.2, 0.25) is 0 Å². The third-order valence-corrected chi connectivity index (χ3v) is 2.97. The van der Waals surface area contributed by atoms with Crippen LogP contribution in [-0.4, -0.2) is 30.3 Å². The molecule has 0 saturated carbocycles. The van der Waals surface area contributed by atoms with Gasteiger partial charge in [0.25, 0.3) is 0 Å². The highest BCUT2D eigenvalue weighted by atomic mass is 16.5. The van der Waals surface area contributed by atoms with E-state index in [1.807, 2.05) is 12.1 Å². The predicted octanol–water partition coefficient (Wildman–Crippen LogP) is 0.641. The quantitative estimate of drug-likeness (QED) is 0.707. The van der Waals surface area contributed by atoms with Gasteiger partial charge < -0.3 is 15.4 Å². The van der Waals surface area contributed by atoms with Crippen molar-refractivity contribution >= 4 is 11.5 Å². The molecular formula is C10H13N3O. The van der Waals surface area contributed by atoms with Gasteiger partial charge in [-0.25, -0.2) is 4.98 Å². The minimum atomic E-state index is 0.416. The molecule has 3 heterocycles. The molecule has 0 aliphatic carbocycles. The first kappa shape index (κ1) is 8.05. The number of pyridine rings is 1. The monoisotopic (exact) mass is 191 g/mol. The maximum atomic E-state index is 5.60. The summed E-state index contributed by atoms with van der Waals surface area (Å²) >= 11 is 0. The summed E-state index contributed by atoms with van der Waals surface area (Å²) < 4.78 is 5.53. The predicted molar refractivity (Wildman–Crippen MR) is 54.1 cm³/mol. The van der Waals surface area contributed by atoms with Crippen molar-refractivity contribution in [3.05, 3.63) is 18.3 Å². The second kappa shape index (κ2) is 2.85. The molecule has 0 unspecified atom stereocenters. The number of fused-ring (bicyclic) bond motifs is 2. The Balaban J connectivity index is 1.86. The first-order valence-corrected chi connectivity index (χ1v) is 4.93. The lowest BCUT2D eigenvalue weighted by Crippen LogP contribution is -2.37. The molecule has 1 aromatic heterocycles. The highest BCUT2D eigenvalue weighted by Crippen LogP contribution is 2.31. The number of nitrogens with two attached hydrogens (primary N) is 1. The number of morpholine rings is 1. The van der Waals surface area contributed by atoms with E-state index >= 15 is 0 Å². The highest BCUT2D eigenvalue weighted by molar-refractivity contribution is 5.48. The number of ether oxygens (including phenoxy) is 1. The lowest BCUT2D eigenvalue weighted by Gasteiger charge is -2.27. The molecule has 14 heavy (non-hydrogen) atoms. The molecule has 0 aromatic carbocycles. The summed E-state index contributed by atoms with van der Waals surface area (Å²) in [4.78, 5) is 6.64. The molecule has 0 spiro atoms. The van der Waals surface area contributed by atoms with Gasteiger partial charge in [-0.3, -0.25) is 0 Å². The zero-order valence-electron chi connectivity index (χ0n) is 7.89. The van der Waals surface area contributed by atoms with E-state index < -0.39 is 0 Å². The molecule has 2 aliphatic heterocycles. The molecule has 0 radical (unpaired) electrons. The molecule has 0 amide bonds. The maximum absolute atomic E-state index is 5.60. The van der Waals surface area contributed by atoms with Crippen LogP contribution in [0.15, 0.2) is 18.3 Å². The number of rotatable bonds is 1. The van der Waals surface area contributed by atoms with Crippen LogP contribution in [0.3, 0.4) is 0 Å². The van der Waals surface area contributed by atoms with Crippen LogP contribution >= 0.6 is 0 Å². The third-order valence-electron chi connectivity index (χ3n) is 2.97. The van der Waals surface area contributed by atoms with Gasteiger partial charge in [-0.15, -0.1) is 0 Å². The van der Waals surface area contributed by atoms with E-state index in [1.54, 1.807) is 6.20 Å². The summed E-state index contributed by atoms with van der Waals surface area (Å²) in [6.45, 7) is 1.82. The summed E-state index contributed by atoms with van der Waals surface area (Å²) in [7, 11) is 0. The van der Waals surface area contributed by atoms with Crippen LogP contribution in [0.5, 0.6) is 0 Å². The molecule has 3 rings (SSSR count). The van der Waals surface area contributed by atoms with Crippen molar-refractivity contribution in [3.63, 3.8) is 0 Å². The van der Waals surface area contributed by atoms with Crippen molar-refractivity contribution in [2.45, 2.75) is 18.6 Å². The Labute approximate surface area is 82.7 Å². The van der Waals surface area contributed by atoms with Crippen LogP contribution in [0, 0.1) is 0 Å². The van der Waals surface area contributed by atoms with Gasteiger partial charge in [0.05, 0.1) is 30.6 Å². The van der Waals surface area contributed by atoms with Crippen LogP contribution in [0.2, 0.25) is 0 Å². The summed E-state index contributed by atoms with van der Waals surface area (Å²) in [6, 6.07) is 4.40. The molecule has 74 valence electrons. The van der Waals surface area contributed by atoms with E-state index in [0.717, 1.165) is 25.4 Å². The zero-order chi connectivity index (χ0) is 9.54. The van der Waals surface area contributed by atoms with Crippen LogP contribution in [0.4, 0.5) is 11.5 Å². The van der Waals surface area contributed by atoms with Gasteiger partial charge in [-0.2, -0.15) is 0 Å². The van der Waals surface area contributed by atoms with Gasteiger partial charge >= 0.3 is 0 Å². The van der Waals surface area contributed by atoms with Gasteiger partial charge in [0.1, 0.15) is 5.82 Å². The lowest BCUT2D eigenvalue weighted by molar-refractivity contribution is 0.0989. The Morgan fingerprint density at radius 3 is 3.00 bits per heavy atom. The number of anilines is 2. The number of aromatic nitrogens is 1. The number of hydrogen-bond acceptors (Lipinski definition) is 4. The molecule has 2 fully saturated rings. The topological polar surface area (TPSA) is 51.4 Å². The fraction of sp³-hybridized carbons (Fsp3) is 0.500. The average molecular weight is 191 g/mol. The third kappa shape index (κ3) is 1.14. The summed E-state index contributed by atoms with van der Waals surface area (Å²) in [6.07, 6.45) is 3.27. The molecular weight excluding hydrogens is 178 g/mol. The van der Waals surface area contributed by atoms with E-state index in [-0.39, 0.29) is 0 Å². The SMILES string of the molecule is Nc1ccc(N2C[C@H]3C[C@H]2CO3)nc1. The number of hydrogen-bond donors (Lipinski definition) is 1. The Morgan fingerprint density at radius 2 is 2.43 bits per heavy atom. The van der Waals surface area contributed by atoms with E-state index in [0.29, 0.717) is 17.8 Å². The summed E-state index contributed by atoms with van der Waals surface area (Å²) in [5, 5.41) is 0. The second-order valence-electron chi connectivity index (χ2n) is 3.95. The van der Waals surface area contributed by atoms with Crippen LogP contribution < -0.4 is 10.6 Å². The zero-order valence-corrected chi connectivity index (χ0v) is 7.89. The first-order valence-electron chi connectivity index (χ1n) is 4.93. The molecule has 2 aliphatic rings. The van der Waals surface area contributed by atoms with E-state index in [2.05, 4.69) is 9.88 Å². The Bertz CT molecular complexity index is 338. The standard InChI is InChI=1S/C10H13N3O/c11-7-1-2-10(12-4-7)13-5-9-3-8(13)6-14-9/h1-2,4,8-9H,3,5-6,11H2/t8-,9+/m0/s1. The Hall–Kier alpha value is -1.29. The highest BCUT2D eigenvalue weighted by Gasteiger charge is 2.39. The molecule has 2 N–H and O–H groups in total. The molecule has 4 nitrogen and oxygen atoms in total. The number of nitrogen functional groups attached to an aromatic ring is 1. The molecule has 2 bridgehead atoms. The molecule has 2 saturated heterocycles. The van der Waals surface area contributed by atoms with Crippen molar-refractivity contribution in [2.24, 2.45) is 0 Å². The van der Waals surface area contributed by atoms with E-state index in [4.69, 9.17) is 10.5 Å². The van der Waals surface area contributed by atoms with Gasteiger partial charge in [-0.1, -0.05) is 0 Å². The normalized spacial score (nSPS) is 29.9. The van der Waals surface area contributed by atoms with Crippen molar-refractivity contribution in [3.8, 4) is 0 Å². The van der Waals surface area contributed by atoms with Crippen molar-refractivity contribution in [1.82, 2.24) is 4.98 Å². The minimum Gasteiger partial charge on any atom is -0.397 e. The van der Waals surface area contributed by atoms with Crippen molar-refractivity contribution < 1.29 is 4.74 Å². The summed E-state index contributed by atoms with van der Waals surface area (Å²) in [5.41, 5.74) is 6.31. The van der Waals surface area contributed by atoms with Crippen LogP contribution in [-0.2, 0) is 4.74 Å².